The van der Waals surface area contributed by atoms with Crippen LogP contribution in [0.4, 0.5) is 14.5 Å². The molecule has 2 aromatic rings. The molecule has 0 aliphatic carbocycles. The lowest BCUT2D eigenvalue weighted by atomic mass is 10.1. The van der Waals surface area contributed by atoms with Gasteiger partial charge >= 0.3 is 0 Å². The number of fused-ring (bicyclic) bond motifs is 1. The van der Waals surface area contributed by atoms with Crippen LogP contribution in [-0.2, 0) is 0 Å². The van der Waals surface area contributed by atoms with Crippen LogP contribution >= 0.6 is 11.6 Å². The number of ether oxygens (including phenoxy) is 2. The maximum absolute atomic E-state index is 14.1. The van der Waals surface area contributed by atoms with E-state index in [0.29, 0.717) is 22.7 Å². The van der Waals surface area contributed by atoms with Crippen molar-refractivity contribution in [3.8, 4) is 11.5 Å². The van der Waals surface area contributed by atoms with Gasteiger partial charge in [0.2, 0.25) is 0 Å². The maximum atomic E-state index is 14.1. The van der Waals surface area contributed by atoms with E-state index in [2.05, 4.69) is 5.32 Å². The predicted molar refractivity (Wildman–Crippen MR) is 76.2 cm³/mol. The van der Waals surface area contributed by atoms with Crippen LogP contribution in [0.2, 0.25) is 5.02 Å². The normalized spacial score (nSPS) is 16.7. The first-order valence-corrected chi connectivity index (χ1v) is 6.70. The first-order valence-electron chi connectivity index (χ1n) is 6.32. The predicted octanol–water partition coefficient (Wildman–Crippen LogP) is 4.17. The Kier molecular flexibility index (Phi) is 3.59. The third-order valence-electron chi connectivity index (χ3n) is 3.30. The molecule has 0 amide bonds. The minimum atomic E-state index is -0.614. The smallest absolute Gasteiger partial charge is 0.162 e. The summed E-state index contributed by atoms with van der Waals surface area (Å²) < 4.78 is 38.3. The average molecular weight is 312 g/mol. The van der Waals surface area contributed by atoms with Crippen molar-refractivity contribution in [1.29, 1.82) is 0 Å². The van der Waals surface area contributed by atoms with Gasteiger partial charge in [0.25, 0.3) is 0 Å². The zero-order valence-electron chi connectivity index (χ0n) is 11.1. The van der Waals surface area contributed by atoms with Crippen LogP contribution in [-0.4, -0.2) is 13.7 Å². The number of methoxy groups -OCH3 is 1. The van der Waals surface area contributed by atoms with Gasteiger partial charge in [0.05, 0.1) is 29.9 Å². The SMILES string of the molecule is COc1cccc(F)c1C1CNc2cc(F)cc(Cl)c2O1. The van der Waals surface area contributed by atoms with E-state index >= 15 is 0 Å². The molecule has 1 unspecified atom stereocenters. The van der Waals surface area contributed by atoms with E-state index in [-0.39, 0.29) is 11.6 Å². The summed E-state index contributed by atoms with van der Waals surface area (Å²) >= 11 is 5.98. The summed E-state index contributed by atoms with van der Waals surface area (Å²) in [5, 5.41) is 3.14. The van der Waals surface area contributed by atoms with Crippen molar-refractivity contribution >= 4 is 17.3 Å². The topological polar surface area (TPSA) is 30.5 Å². The Labute approximate surface area is 125 Å². The van der Waals surface area contributed by atoms with Gasteiger partial charge in [0.15, 0.2) is 5.75 Å². The highest BCUT2D eigenvalue weighted by atomic mass is 35.5. The zero-order chi connectivity index (χ0) is 15.0. The van der Waals surface area contributed by atoms with Crippen molar-refractivity contribution in [3.05, 3.63) is 52.6 Å². The average Bonchev–Trinajstić information content (AvgIpc) is 2.46. The van der Waals surface area contributed by atoms with Crippen molar-refractivity contribution < 1.29 is 18.3 Å². The van der Waals surface area contributed by atoms with Crippen LogP contribution in [0.25, 0.3) is 0 Å². The van der Waals surface area contributed by atoms with Crippen LogP contribution in [0.1, 0.15) is 11.7 Å². The second kappa shape index (κ2) is 5.41. The summed E-state index contributed by atoms with van der Waals surface area (Å²) in [5.74, 6) is -0.192. The van der Waals surface area contributed by atoms with Gasteiger partial charge in [-0.1, -0.05) is 17.7 Å². The van der Waals surface area contributed by atoms with Crippen LogP contribution < -0.4 is 14.8 Å². The minimum absolute atomic E-state index is 0.137. The van der Waals surface area contributed by atoms with Gasteiger partial charge < -0.3 is 14.8 Å². The lowest BCUT2D eigenvalue weighted by Gasteiger charge is -2.29. The highest BCUT2D eigenvalue weighted by Gasteiger charge is 2.28. The molecule has 0 fully saturated rings. The van der Waals surface area contributed by atoms with Gasteiger partial charge in [-0.2, -0.15) is 0 Å². The number of hydrogen-bond acceptors (Lipinski definition) is 3. The molecule has 0 bridgehead atoms. The summed E-state index contributed by atoms with van der Waals surface area (Å²) in [7, 11) is 1.46. The van der Waals surface area contributed by atoms with Gasteiger partial charge in [-0.15, -0.1) is 0 Å². The third-order valence-corrected chi connectivity index (χ3v) is 3.58. The molecule has 2 aromatic carbocycles. The van der Waals surface area contributed by atoms with E-state index in [9.17, 15) is 8.78 Å². The number of benzene rings is 2. The Morgan fingerprint density at radius 1 is 1.33 bits per heavy atom. The van der Waals surface area contributed by atoms with E-state index in [0.717, 1.165) is 6.07 Å². The van der Waals surface area contributed by atoms with Gasteiger partial charge in [-0.3, -0.25) is 0 Å². The molecule has 0 saturated heterocycles. The Bertz CT molecular complexity index is 694. The first-order chi connectivity index (χ1) is 10.1. The van der Waals surface area contributed by atoms with Crippen LogP contribution in [0.15, 0.2) is 30.3 Å². The number of anilines is 1. The Hall–Kier alpha value is -2.01. The fourth-order valence-electron chi connectivity index (χ4n) is 2.37. The van der Waals surface area contributed by atoms with Gasteiger partial charge in [0.1, 0.15) is 23.5 Å². The van der Waals surface area contributed by atoms with E-state index in [1.807, 2.05) is 0 Å². The number of nitrogens with one attached hydrogen (secondary N) is 1. The molecule has 110 valence electrons. The third kappa shape index (κ3) is 2.49. The van der Waals surface area contributed by atoms with Gasteiger partial charge in [-0.25, -0.2) is 8.78 Å². The van der Waals surface area contributed by atoms with Crippen molar-refractivity contribution in [2.75, 3.05) is 19.0 Å². The highest BCUT2D eigenvalue weighted by Crippen LogP contribution is 2.42. The van der Waals surface area contributed by atoms with Crippen molar-refractivity contribution in [3.63, 3.8) is 0 Å². The molecule has 0 aromatic heterocycles. The second-order valence-electron chi connectivity index (χ2n) is 4.61. The summed E-state index contributed by atoms with van der Waals surface area (Å²) in [6, 6.07) is 7.00. The molecular weight excluding hydrogens is 300 g/mol. The molecule has 1 N–H and O–H groups in total. The summed E-state index contributed by atoms with van der Waals surface area (Å²) in [4.78, 5) is 0. The van der Waals surface area contributed by atoms with Crippen LogP contribution in [0.3, 0.4) is 0 Å². The number of halogens is 3. The minimum Gasteiger partial charge on any atom is -0.496 e. The zero-order valence-corrected chi connectivity index (χ0v) is 11.9. The Morgan fingerprint density at radius 3 is 2.90 bits per heavy atom. The molecule has 1 aliphatic rings. The monoisotopic (exact) mass is 311 g/mol. The van der Waals surface area contributed by atoms with E-state index < -0.39 is 17.7 Å². The highest BCUT2D eigenvalue weighted by molar-refractivity contribution is 6.32. The van der Waals surface area contributed by atoms with E-state index in [1.54, 1.807) is 12.1 Å². The Morgan fingerprint density at radius 2 is 2.14 bits per heavy atom. The quantitative estimate of drug-likeness (QED) is 0.903. The molecule has 1 atom stereocenters. The largest absolute Gasteiger partial charge is 0.496 e. The van der Waals surface area contributed by atoms with E-state index in [1.165, 1.54) is 19.2 Å². The molecular formula is C15H12ClF2NO2. The lowest BCUT2D eigenvalue weighted by molar-refractivity contribution is 0.199. The van der Waals surface area contributed by atoms with Gasteiger partial charge in [-0.05, 0) is 18.2 Å². The molecule has 1 heterocycles. The molecule has 3 nitrogen and oxygen atoms in total. The van der Waals surface area contributed by atoms with Crippen molar-refractivity contribution in [2.24, 2.45) is 0 Å². The van der Waals surface area contributed by atoms with Crippen molar-refractivity contribution in [1.82, 2.24) is 0 Å². The summed E-state index contributed by atoms with van der Waals surface area (Å²) in [5.41, 5.74) is 0.755. The molecule has 21 heavy (non-hydrogen) atoms. The molecule has 6 heteroatoms. The van der Waals surface area contributed by atoms with E-state index in [4.69, 9.17) is 21.1 Å². The number of hydrogen-bond donors (Lipinski definition) is 1. The first kappa shape index (κ1) is 13.9. The molecule has 1 aliphatic heterocycles. The number of rotatable bonds is 2. The van der Waals surface area contributed by atoms with Gasteiger partial charge in [0, 0.05) is 6.07 Å². The summed E-state index contributed by atoms with van der Waals surface area (Å²) in [6.45, 7) is 0.282. The lowest BCUT2D eigenvalue weighted by Crippen LogP contribution is -2.25. The second-order valence-corrected chi connectivity index (χ2v) is 5.01. The molecule has 3 rings (SSSR count). The molecule has 0 spiro atoms. The fourth-order valence-corrected chi connectivity index (χ4v) is 2.62. The van der Waals surface area contributed by atoms with Crippen LogP contribution in [0.5, 0.6) is 11.5 Å². The summed E-state index contributed by atoms with van der Waals surface area (Å²) in [6.07, 6.45) is -0.614. The van der Waals surface area contributed by atoms with Crippen LogP contribution in [0, 0.1) is 11.6 Å². The standard InChI is InChI=1S/C15H12ClF2NO2/c1-20-12-4-2-3-10(18)14(12)13-7-19-11-6-8(17)5-9(16)15(11)21-13/h2-6,13,19H,7H2,1H3. The van der Waals surface area contributed by atoms with Crippen molar-refractivity contribution in [2.45, 2.75) is 6.10 Å². The molecule has 0 radical (unpaired) electrons. The molecule has 0 saturated carbocycles. The Balaban J connectivity index is 2.01. The maximum Gasteiger partial charge on any atom is 0.162 e. The fraction of sp³-hybridized carbons (Fsp3) is 0.200.